The predicted molar refractivity (Wildman–Crippen MR) is 316 cm³/mol. The lowest BCUT2D eigenvalue weighted by Crippen LogP contribution is -2.30. The van der Waals surface area contributed by atoms with Gasteiger partial charge in [-0.2, -0.15) is 0 Å². The van der Waals surface area contributed by atoms with Gasteiger partial charge < -0.3 is 14.2 Å². The maximum Gasteiger partial charge on any atom is 0.306 e. The second-order valence-electron chi connectivity index (χ2n) is 21.3. The molecule has 6 heteroatoms. The first-order valence-electron chi connectivity index (χ1n) is 31.8. The second kappa shape index (κ2) is 61.7. The number of carbonyl (C=O) groups is 3. The molecule has 0 fully saturated rings. The first-order chi connectivity index (χ1) is 36.0. The Bertz CT molecular complexity index is 1310. The molecule has 1 unspecified atom stereocenters. The van der Waals surface area contributed by atoms with Crippen molar-refractivity contribution in [2.24, 2.45) is 0 Å². The van der Waals surface area contributed by atoms with Gasteiger partial charge in [0, 0.05) is 19.3 Å². The van der Waals surface area contributed by atoms with E-state index in [9.17, 15) is 14.4 Å². The minimum absolute atomic E-state index is 0.0675. The fraction of sp³-hybridized carbons (Fsp3) is 0.806. The van der Waals surface area contributed by atoms with Crippen molar-refractivity contribution in [3.63, 3.8) is 0 Å². The molecule has 6 nitrogen and oxygen atoms in total. The number of esters is 3. The molecule has 0 saturated heterocycles. The Morgan fingerprint density at radius 1 is 0.288 bits per heavy atom. The van der Waals surface area contributed by atoms with Gasteiger partial charge in [0.15, 0.2) is 6.10 Å². The van der Waals surface area contributed by atoms with Gasteiger partial charge in [-0.3, -0.25) is 14.4 Å². The quantitative estimate of drug-likeness (QED) is 0.0261. The Labute approximate surface area is 453 Å². The van der Waals surface area contributed by atoms with Crippen LogP contribution in [0.5, 0.6) is 0 Å². The van der Waals surface area contributed by atoms with E-state index in [0.29, 0.717) is 19.3 Å². The molecule has 0 aromatic rings. The highest BCUT2D eigenvalue weighted by atomic mass is 16.6. The van der Waals surface area contributed by atoms with Gasteiger partial charge in [-0.15, -0.1) is 0 Å². The fourth-order valence-electron chi connectivity index (χ4n) is 9.30. The summed E-state index contributed by atoms with van der Waals surface area (Å²) < 4.78 is 16.8. The molecule has 424 valence electrons. The molecule has 0 aliphatic carbocycles. The van der Waals surface area contributed by atoms with Crippen molar-refractivity contribution < 1.29 is 28.6 Å². The van der Waals surface area contributed by atoms with Crippen molar-refractivity contribution in [1.82, 2.24) is 0 Å². The van der Waals surface area contributed by atoms with E-state index < -0.39 is 6.10 Å². The summed E-state index contributed by atoms with van der Waals surface area (Å²) >= 11 is 0. The zero-order valence-corrected chi connectivity index (χ0v) is 48.7. The minimum Gasteiger partial charge on any atom is -0.462 e. The van der Waals surface area contributed by atoms with Crippen LogP contribution < -0.4 is 0 Å². The SMILES string of the molecule is CC/C=C\C/C=C\C/C=C\C/C=C\C/C=C\CCCCCCCCCCCCCCCCCCCC(=O)OCC(COC(=O)CCCCCCCCCC)OC(=O)CCCCCCCCCCCCCCCC. The largest absolute Gasteiger partial charge is 0.462 e. The lowest BCUT2D eigenvalue weighted by atomic mass is 10.0. The third-order valence-corrected chi connectivity index (χ3v) is 14.0. The normalized spacial score (nSPS) is 12.4. The minimum atomic E-state index is -0.766. The summed E-state index contributed by atoms with van der Waals surface area (Å²) in [5.41, 5.74) is 0. The zero-order chi connectivity index (χ0) is 52.9. The average molecular weight is 1020 g/mol. The Morgan fingerprint density at radius 2 is 0.534 bits per heavy atom. The van der Waals surface area contributed by atoms with Gasteiger partial charge in [0.2, 0.25) is 0 Å². The molecule has 0 bridgehead atoms. The van der Waals surface area contributed by atoms with Crippen LogP contribution in [-0.2, 0) is 28.6 Å². The van der Waals surface area contributed by atoms with Crippen molar-refractivity contribution in [3.8, 4) is 0 Å². The number of allylic oxidation sites excluding steroid dienone is 10. The lowest BCUT2D eigenvalue weighted by molar-refractivity contribution is -0.167. The van der Waals surface area contributed by atoms with Gasteiger partial charge in [-0.05, 0) is 64.2 Å². The number of hydrogen-bond donors (Lipinski definition) is 0. The number of unbranched alkanes of at least 4 members (excludes halogenated alkanes) is 37. The third kappa shape index (κ3) is 59.9. The molecule has 0 saturated carbocycles. The number of ether oxygens (including phenoxy) is 3. The summed E-state index contributed by atoms with van der Waals surface area (Å²) in [6.45, 7) is 6.54. The Balaban J connectivity index is 4.00. The molecule has 0 radical (unpaired) electrons. The molecule has 73 heavy (non-hydrogen) atoms. The molecule has 0 rings (SSSR count). The molecule has 0 heterocycles. The van der Waals surface area contributed by atoms with Crippen LogP contribution in [0.25, 0.3) is 0 Å². The Hall–Kier alpha value is -2.89. The molecule has 0 N–H and O–H groups in total. The molecule has 0 aliphatic heterocycles. The summed E-state index contributed by atoms with van der Waals surface area (Å²) in [7, 11) is 0. The van der Waals surface area contributed by atoms with Crippen LogP contribution in [0.15, 0.2) is 60.8 Å². The van der Waals surface area contributed by atoms with E-state index in [1.54, 1.807) is 0 Å². The molecule has 0 aliphatic rings. The van der Waals surface area contributed by atoms with Crippen molar-refractivity contribution >= 4 is 17.9 Å². The second-order valence-corrected chi connectivity index (χ2v) is 21.3. The van der Waals surface area contributed by atoms with Gasteiger partial charge in [-0.1, -0.05) is 306 Å². The molecule has 0 amide bonds. The van der Waals surface area contributed by atoms with Crippen LogP contribution in [0.3, 0.4) is 0 Å². The first-order valence-corrected chi connectivity index (χ1v) is 31.8. The highest BCUT2D eigenvalue weighted by Gasteiger charge is 2.19. The van der Waals surface area contributed by atoms with Crippen LogP contribution in [0.1, 0.15) is 329 Å². The van der Waals surface area contributed by atoms with E-state index in [1.165, 1.54) is 199 Å². The molecular formula is C67H120O6. The van der Waals surface area contributed by atoms with Gasteiger partial charge >= 0.3 is 17.9 Å². The topological polar surface area (TPSA) is 78.9 Å². The first kappa shape index (κ1) is 70.1. The van der Waals surface area contributed by atoms with Crippen LogP contribution in [-0.4, -0.2) is 37.2 Å². The van der Waals surface area contributed by atoms with Crippen molar-refractivity contribution in [1.29, 1.82) is 0 Å². The van der Waals surface area contributed by atoms with E-state index in [0.717, 1.165) is 89.9 Å². The van der Waals surface area contributed by atoms with Gasteiger partial charge in [0.25, 0.3) is 0 Å². The molecule has 1 atom stereocenters. The summed E-state index contributed by atoms with van der Waals surface area (Å²) in [6, 6.07) is 0. The molecule has 0 spiro atoms. The lowest BCUT2D eigenvalue weighted by Gasteiger charge is -2.18. The van der Waals surface area contributed by atoms with E-state index in [4.69, 9.17) is 14.2 Å². The molecule has 0 aromatic carbocycles. The fourth-order valence-corrected chi connectivity index (χ4v) is 9.30. The highest BCUT2D eigenvalue weighted by Crippen LogP contribution is 2.17. The standard InChI is InChI=1S/C67H120O6/c1-4-7-10-13-16-19-21-23-25-26-27-28-29-30-31-32-33-34-35-36-37-38-39-40-41-42-43-45-46-48-51-54-57-60-66(69)72-63-64(62-71-65(68)59-56-53-50-18-15-12-9-6-3)73-67(70)61-58-55-52-49-47-44-24-22-20-17-14-11-8-5-2/h7,10,16,19,23,25,27-28,30-31,64H,4-6,8-9,11-15,17-18,20-22,24,26,29,32-63H2,1-3H3/b10-7-,19-16-,25-23-,28-27-,31-30-. The van der Waals surface area contributed by atoms with Gasteiger partial charge in [0.05, 0.1) is 0 Å². The van der Waals surface area contributed by atoms with Gasteiger partial charge in [-0.25, -0.2) is 0 Å². The number of carbonyl (C=O) groups excluding carboxylic acids is 3. The van der Waals surface area contributed by atoms with Crippen LogP contribution in [0.4, 0.5) is 0 Å². The van der Waals surface area contributed by atoms with Gasteiger partial charge in [0.1, 0.15) is 13.2 Å². The van der Waals surface area contributed by atoms with Crippen molar-refractivity contribution in [2.45, 2.75) is 335 Å². The van der Waals surface area contributed by atoms with E-state index >= 15 is 0 Å². The summed E-state index contributed by atoms with van der Waals surface area (Å²) in [4.78, 5) is 38.0. The molecule has 0 aromatic heterocycles. The predicted octanol–water partition coefficient (Wildman–Crippen LogP) is 21.6. The Morgan fingerprint density at radius 3 is 0.836 bits per heavy atom. The third-order valence-electron chi connectivity index (χ3n) is 14.0. The van der Waals surface area contributed by atoms with E-state index in [2.05, 4.69) is 81.5 Å². The van der Waals surface area contributed by atoms with E-state index in [-0.39, 0.29) is 31.1 Å². The smallest absolute Gasteiger partial charge is 0.306 e. The molecular weight excluding hydrogens is 901 g/mol. The van der Waals surface area contributed by atoms with Crippen LogP contribution in [0, 0.1) is 0 Å². The highest BCUT2D eigenvalue weighted by molar-refractivity contribution is 5.71. The van der Waals surface area contributed by atoms with Crippen molar-refractivity contribution in [3.05, 3.63) is 60.8 Å². The average Bonchev–Trinajstić information content (AvgIpc) is 3.39. The Kier molecular flexibility index (Phi) is 59.2. The summed E-state index contributed by atoms with van der Waals surface area (Å²) in [5.74, 6) is -0.853. The van der Waals surface area contributed by atoms with Crippen LogP contribution >= 0.6 is 0 Å². The maximum atomic E-state index is 12.8. The number of rotatable bonds is 58. The van der Waals surface area contributed by atoms with Crippen LogP contribution in [0.2, 0.25) is 0 Å². The maximum absolute atomic E-state index is 12.8. The summed E-state index contributed by atoms with van der Waals surface area (Å²) in [5, 5.41) is 0. The number of hydrogen-bond acceptors (Lipinski definition) is 6. The van der Waals surface area contributed by atoms with E-state index in [1.807, 2.05) is 0 Å². The zero-order valence-electron chi connectivity index (χ0n) is 48.7. The van der Waals surface area contributed by atoms with Crippen molar-refractivity contribution in [2.75, 3.05) is 13.2 Å². The summed E-state index contributed by atoms with van der Waals surface area (Å²) in [6.07, 6.45) is 78.3. The monoisotopic (exact) mass is 1020 g/mol.